The van der Waals surface area contributed by atoms with E-state index in [4.69, 9.17) is 14.2 Å². The van der Waals surface area contributed by atoms with Crippen LogP contribution in [0.25, 0.3) is 0 Å². The zero-order valence-electron chi connectivity index (χ0n) is 13.5. The van der Waals surface area contributed by atoms with E-state index in [0.29, 0.717) is 23.8 Å². The standard InChI is InChI=1S/C17H22N2O3/c1-12-5-6-13(11-19-12)9-18-10-14-7-15(20-2)17(22-4)16(8-14)21-3/h5-8,11,18H,9-10H2,1-4H3. The number of hydrogen-bond acceptors (Lipinski definition) is 5. The third-order valence-electron chi connectivity index (χ3n) is 3.36. The molecular weight excluding hydrogens is 280 g/mol. The maximum atomic E-state index is 5.35. The summed E-state index contributed by atoms with van der Waals surface area (Å²) in [6.07, 6.45) is 1.89. The molecule has 0 bridgehead atoms. The van der Waals surface area contributed by atoms with Gasteiger partial charge in [0.15, 0.2) is 11.5 Å². The minimum absolute atomic E-state index is 0.608. The zero-order valence-corrected chi connectivity index (χ0v) is 13.5. The van der Waals surface area contributed by atoms with Crippen LogP contribution in [-0.4, -0.2) is 26.3 Å². The molecule has 2 rings (SSSR count). The van der Waals surface area contributed by atoms with Gasteiger partial charge in [-0.25, -0.2) is 0 Å². The van der Waals surface area contributed by atoms with Crippen molar-refractivity contribution >= 4 is 0 Å². The first kappa shape index (κ1) is 16.1. The lowest BCUT2D eigenvalue weighted by Crippen LogP contribution is -2.13. The number of nitrogens with zero attached hydrogens (tertiary/aromatic N) is 1. The number of rotatable bonds is 7. The number of aromatic nitrogens is 1. The van der Waals surface area contributed by atoms with Crippen molar-refractivity contribution in [2.75, 3.05) is 21.3 Å². The maximum Gasteiger partial charge on any atom is 0.203 e. The molecule has 5 nitrogen and oxygen atoms in total. The second kappa shape index (κ2) is 7.66. The van der Waals surface area contributed by atoms with Crippen molar-refractivity contribution in [1.82, 2.24) is 10.3 Å². The van der Waals surface area contributed by atoms with Gasteiger partial charge in [-0.2, -0.15) is 0 Å². The molecule has 0 aliphatic heterocycles. The Morgan fingerprint density at radius 1 is 0.909 bits per heavy atom. The van der Waals surface area contributed by atoms with Gasteiger partial charge in [-0.05, 0) is 36.2 Å². The van der Waals surface area contributed by atoms with E-state index in [2.05, 4.69) is 16.4 Å². The largest absolute Gasteiger partial charge is 0.493 e. The van der Waals surface area contributed by atoms with E-state index in [0.717, 1.165) is 23.4 Å². The molecule has 5 heteroatoms. The van der Waals surface area contributed by atoms with Gasteiger partial charge in [0.1, 0.15) is 0 Å². The van der Waals surface area contributed by atoms with E-state index >= 15 is 0 Å². The van der Waals surface area contributed by atoms with E-state index in [-0.39, 0.29) is 0 Å². The van der Waals surface area contributed by atoms with Crippen LogP contribution in [0.4, 0.5) is 0 Å². The van der Waals surface area contributed by atoms with Gasteiger partial charge in [0.05, 0.1) is 21.3 Å². The first-order valence-electron chi connectivity index (χ1n) is 7.09. The Kier molecular flexibility index (Phi) is 5.61. The molecule has 0 unspecified atom stereocenters. The molecule has 2 aromatic rings. The Morgan fingerprint density at radius 2 is 1.55 bits per heavy atom. The van der Waals surface area contributed by atoms with E-state index in [9.17, 15) is 0 Å². The van der Waals surface area contributed by atoms with Gasteiger partial charge in [0, 0.05) is 25.0 Å². The van der Waals surface area contributed by atoms with Gasteiger partial charge < -0.3 is 19.5 Å². The van der Waals surface area contributed by atoms with Gasteiger partial charge in [0.2, 0.25) is 5.75 Å². The van der Waals surface area contributed by atoms with Crippen molar-refractivity contribution in [1.29, 1.82) is 0 Å². The summed E-state index contributed by atoms with van der Waals surface area (Å²) in [5, 5.41) is 3.39. The number of methoxy groups -OCH3 is 3. The molecule has 22 heavy (non-hydrogen) atoms. The first-order chi connectivity index (χ1) is 10.7. The average Bonchev–Trinajstić information content (AvgIpc) is 2.55. The summed E-state index contributed by atoms with van der Waals surface area (Å²) in [7, 11) is 4.83. The van der Waals surface area contributed by atoms with Crippen LogP contribution < -0.4 is 19.5 Å². The Labute approximate surface area is 131 Å². The molecular formula is C17H22N2O3. The quantitative estimate of drug-likeness (QED) is 0.852. The van der Waals surface area contributed by atoms with Crippen LogP contribution in [0, 0.1) is 6.92 Å². The fraction of sp³-hybridized carbons (Fsp3) is 0.353. The lowest BCUT2D eigenvalue weighted by Gasteiger charge is -2.14. The smallest absolute Gasteiger partial charge is 0.203 e. The minimum atomic E-state index is 0.608. The van der Waals surface area contributed by atoms with Gasteiger partial charge in [-0.1, -0.05) is 6.07 Å². The Morgan fingerprint density at radius 3 is 2.05 bits per heavy atom. The minimum Gasteiger partial charge on any atom is -0.493 e. The number of benzene rings is 1. The molecule has 0 fully saturated rings. The van der Waals surface area contributed by atoms with Crippen molar-refractivity contribution in [3.8, 4) is 17.2 Å². The molecule has 0 saturated heterocycles. The first-order valence-corrected chi connectivity index (χ1v) is 7.09. The van der Waals surface area contributed by atoms with Crippen molar-refractivity contribution in [2.24, 2.45) is 0 Å². The highest BCUT2D eigenvalue weighted by atomic mass is 16.5. The van der Waals surface area contributed by atoms with Crippen molar-refractivity contribution in [3.05, 3.63) is 47.3 Å². The molecule has 0 aliphatic rings. The topological polar surface area (TPSA) is 52.6 Å². The van der Waals surface area contributed by atoms with Gasteiger partial charge in [-0.15, -0.1) is 0 Å². The summed E-state index contributed by atoms with van der Waals surface area (Å²) >= 11 is 0. The summed E-state index contributed by atoms with van der Waals surface area (Å²) < 4.78 is 16.0. The molecule has 0 saturated carbocycles. The van der Waals surface area contributed by atoms with E-state index in [1.54, 1.807) is 21.3 Å². The summed E-state index contributed by atoms with van der Waals surface area (Å²) in [5.41, 5.74) is 3.24. The molecule has 1 aromatic carbocycles. The van der Waals surface area contributed by atoms with Crippen molar-refractivity contribution < 1.29 is 14.2 Å². The number of nitrogens with one attached hydrogen (secondary N) is 1. The SMILES string of the molecule is COc1cc(CNCc2ccc(C)nc2)cc(OC)c1OC. The third-order valence-corrected chi connectivity index (χ3v) is 3.36. The van der Waals surface area contributed by atoms with Gasteiger partial charge in [-0.3, -0.25) is 4.98 Å². The van der Waals surface area contributed by atoms with Gasteiger partial charge in [0.25, 0.3) is 0 Å². The summed E-state index contributed by atoms with van der Waals surface area (Å²) in [5.74, 6) is 1.93. The van der Waals surface area contributed by atoms with Crippen molar-refractivity contribution in [2.45, 2.75) is 20.0 Å². The molecule has 0 amide bonds. The summed E-state index contributed by atoms with van der Waals surface area (Å²) in [6, 6.07) is 7.98. The highest BCUT2D eigenvalue weighted by Gasteiger charge is 2.12. The molecule has 0 spiro atoms. The Hall–Kier alpha value is -2.27. The van der Waals surface area contributed by atoms with Crippen LogP contribution in [0.3, 0.4) is 0 Å². The predicted molar refractivity (Wildman–Crippen MR) is 85.6 cm³/mol. The molecule has 0 aliphatic carbocycles. The average molecular weight is 302 g/mol. The van der Waals surface area contributed by atoms with Crippen LogP contribution in [0.15, 0.2) is 30.5 Å². The van der Waals surface area contributed by atoms with Crippen LogP contribution in [0.1, 0.15) is 16.8 Å². The maximum absolute atomic E-state index is 5.35. The highest BCUT2D eigenvalue weighted by Crippen LogP contribution is 2.38. The monoisotopic (exact) mass is 302 g/mol. The normalized spacial score (nSPS) is 10.4. The van der Waals surface area contributed by atoms with Crippen LogP contribution in [-0.2, 0) is 13.1 Å². The lowest BCUT2D eigenvalue weighted by atomic mass is 10.1. The molecule has 118 valence electrons. The lowest BCUT2D eigenvalue weighted by molar-refractivity contribution is 0.323. The molecule has 1 N–H and O–H groups in total. The van der Waals surface area contributed by atoms with Crippen LogP contribution >= 0.6 is 0 Å². The third kappa shape index (κ3) is 3.89. The van der Waals surface area contributed by atoms with E-state index in [1.165, 1.54) is 0 Å². The van der Waals surface area contributed by atoms with Crippen LogP contribution in [0.2, 0.25) is 0 Å². The van der Waals surface area contributed by atoms with E-state index in [1.807, 2.05) is 31.3 Å². The number of aryl methyl sites for hydroxylation is 1. The highest BCUT2D eigenvalue weighted by molar-refractivity contribution is 5.53. The molecule has 0 radical (unpaired) electrons. The Balaban J connectivity index is 2.04. The molecule has 1 heterocycles. The molecule has 1 aromatic heterocycles. The number of ether oxygens (including phenoxy) is 3. The number of hydrogen-bond donors (Lipinski definition) is 1. The molecule has 0 atom stereocenters. The second-order valence-corrected chi connectivity index (χ2v) is 4.94. The summed E-state index contributed by atoms with van der Waals surface area (Å²) in [4.78, 5) is 4.29. The van der Waals surface area contributed by atoms with Crippen molar-refractivity contribution in [3.63, 3.8) is 0 Å². The zero-order chi connectivity index (χ0) is 15.9. The number of pyridine rings is 1. The van der Waals surface area contributed by atoms with E-state index < -0.39 is 0 Å². The second-order valence-electron chi connectivity index (χ2n) is 4.94. The fourth-order valence-electron chi connectivity index (χ4n) is 2.19. The fourth-order valence-corrected chi connectivity index (χ4v) is 2.19. The predicted octanol–water partition coefficient (Wildman–Crippen LogP) is 2.71. The van der Waals surface area contributed by atoms with Gasteiger partial charge >= 0.3 is 0 Å². The summed E-state index contributed by atoms with van der Waals surface area (Å²) in [6.45, 7) is 3.43. The van der Waals surface area contributed by atoms with Crippen LogP contribution in [0.5, 0.6) is 17.2 Å². The Bertz CT molecular complexity index is 587.